The molecule has 4 rings (SSSR count). The van der Waals surface area contributed by atoms with Crippen molar-refractivity contribution >= 4 is 21.6 Å². The molecule has 0 aliphatic rings. The topological polar surface area (TPSA) is 43.6 Å². The Morgan fingerprint density at radius 1 is 1.09 bits per heavy atom. The molecule has 0 aromatic carbocycles. The molecule has 0 aliphatic heterocycles. The maximum absolute atomic E-state index is 4.87. The van der Waals surface area contributed by atoms with Crippen LogP contribution in [0.1, 0.15) is 5.56 Å². The third-order valence-electron chi connectivity index (χ3n) is 3.73. The molecule has 0 N–H and O–H groups in total. The van der Waals surface area contributed by atoms with Crippen molar-refractivity contribution < 1.29 is 0 Å². The molecule has 22 heavy (non-hydrogen) atoms. The number of nitrogens with zero attached hydrogens (tertiary/aromatic N) is 4. The minimum atomic E-state index is 0.951. The zero-order valence-corrected chi connectivity index (χ0v) is 13.1. The lowest BCUT2D eigenvalue weighted by molar-refractivity contribution is 0.768. The highest BCUT2D eigenvalue weighted by atomic mass is 32.1. The molecule has 0 saturated heterocycles. The number of hydrogen-bond donors (Lipinski definition) is 0. The molecule has 0 amide bonds. The van der Waals surface area contributed by atoms with Gasteiger partial charge >= 0.3 is 0 Å². The first-order valence-corrected chi connectivity index (χ1v) is 7.88. The summed E-state index contributed by atoms with van der Waals surface area (Å²) < 4.78 is 2.99. The Morgan fingerprint density at radius 3 is 2.77 bits per heavy atom. The van der Waals surface area contributed by atoms with E-state index in [1.165, 1.54) is 15.8 Å². The summed E-state index contributed by atoms with van der Waals surface area (Å²) in [5.74, 6) is 0. The van der Waals surface area contributed by atoms with Crippen molar-refractivity contribution in [3.05, 3.63) is 53.9 Å². The SMILES string of the molecule is Cc1cnccc1-c1csc2ccc(-c3cnn(C)c3)nc12. The minimum absolute atomic E-state index is 0.951. The molecule has 108 valence electrons. The van der Waals surface area contributed by atoms with E-state index >= 15 is 0 Å². The zero-order valence-electron chi connectivity index (χ0n) is 12.3. The van der Waals surface area contributed by atoms with Gasteiger partial charge in [-0.15, -0.1) is 11.3 Å². The predicted octanol–water partition coefficient (Wildman–Crippen LogP) is 4.07. The predicted molar refractivity (Wildman–Crippen MR) is 89.8 cm³/mol. The Hall–Kier alpha value is -2.53. The van der Waals surface area contributed by atoms with Crippen molar-refractivity contribution in [2.45, 2.75) is 6.92 Å². The first-order valence-electron chi connectivity index (χ1n) is 7.00. The van der Waals surface area contributed by atoms with E-state index in [2.05, 4.69) is 40.6 Å². The van der Waals surface area contributed by atoms with Crippen LogP contribution in [-0.4, -0.2) is 19.7 Å². The highest BCUT2D eigenvalue weighted by Gasteiger charge is 2.12. The lowest BCUT2D eigenvalue weighted by Crippen LogP contribution is -1.87. The zero-order chi connectivity index (χ0) is 15.1. The van der Waals surface area contributed by atoms with Gasteiger partial charge in [-0.25, -0.2) is 4.98 Å². The smallest absolute Gasteiger partial charge is 0.0895 e. The molecule has 4 heterocycles. The number of aromatic nitrogens is 4. The molecule has 4 aromatic heterocycles. The normalized spacial score (nSPS) is 11.2. The number of rotatable bonds is 2. The number of hydrogen-bond acceptors (Lipinski definition) is 4. The summed E-state index contributed by atoms with van der Waals surface area (Å²) in [5.41, 5.74) is 6.55. The van der Waals surface area contributed by atoms with Crippen molar-refractivity contribution in [3.63, 3.8) is 0 Å². The van der Waals surface area contributed by atoms with E-state index in [9.17, 15) is 0 Å². The van der Waals surface area contributed by atoms with E-state index < -0.39 is 0 Å². The summed E-state index contributed by atoms with van der Waals surface area (Å²) in [4.78, 5) is 9.05. The van der Waals surface area contributed by atoms with Gasteiger partial charge in [-0.1, -0.05) is 0 Å². The Balaban J connectivity index is 1.92. The van der Waals surface area contributed by atoms with Crippen molar-refractivity contribution in [3.8, 4) is 22.4 Å². The second-order valence-corrected chi connectivity index (χ2v) is 6.20. The Bertz CT molecular complexity index is 968. The van der Waals surface area contributed by atoms with E-state index in [4.69, 9.17) is 4.98 Å². The summed E-state index contributed by atoms with van der Waals surface area (Å²) in [6, 6.07) is 6.24. The van der Waals surface area contributed by atoms with Crippen LogP contribution < -0.4 is 0 Å². The van der Waals surface area contributed by atoms with E-state index in [0.29, 0.717) is 0 Å². The molecule has 0 spiro atoms. The van der Waals surface area contributed by atoms with Gasteiger partial charge in [0.2, 0.25) is 0 Å². The number of aryl methyl sites for hydroxylation is 2. The monoisotopic (exact) mass is 306 g/mol. The standard InChI is InChI=1S/C17H14N4S/c1-11-7-18-6-5-13(11)14-10-22-16-4-3-15(20-17(14)16)12-8-19-21(2)9-12/h3-10H,1-2H3. The van der Waals surface area contributed by atoms with E-state index in [0.717, 1.165) is 22.3 Å². The van der Waals surface area contributed by atoms with Crippen molar-refractivity contribution in [2.24, 2.45) is 7.05 Å². The van der Waals surface area contributed by atoms with Gasteiger partial charge in [0.25, 0.3) is 0 Å². The molecule has 0 atom stereocenters. The van der Waals surface area contributed by atoms with E-state index in [1.54, 1.807) is 16.0 Å². The van der Waals surface area contributed by atoms with Crippen LogP contribution in [0.5, 0.6) is 0 Å². The van der Waals surface area contributed by atoms with Crippen LogP contribution in [0, 0.1) is 6.92 Å². The van der Waals surface area contributed by atoms with Crippen molar-refractivity contribution in [1.82, 2.24) is 19.7 Å². The first kappa shape index (κ1) is 13.2. The second kappa shape index (κ2) is 5.03. The molecule has 5 heteroatoms. The van der Waals surface area contributed by atoms with Crippen LogP contribution in [-0.2, 0) is 7.05 Å². The van der Waals surface area contributed by atoms with Gasteiger partial charge in [-0.05, 0) is 36.2 Å². The van der Waals surface area contributed by atoms with Gasteiger partial charge in [0.15, 0.2) is 0 Å². The Labute approximate surface area is 132 Å². The highest BCUT2D eigenvalue weighted by molar-refractivity contribution is 7.17. The summed E-state index contributed by atoms with van der Waals surface area (Å²) >= 11 is 1.72. The van der Waals surface area contributed by atoms with Crippen LogP contribution in [0.4, 0.5) is 0 Å². The lowest BCUT2D eigenvalue weighted by atomic mass is 10.0. The molecule has 0 aliphatic carbocycles. The maximum atomic E-state index is 4.87. The Morgan fingerprint density at radius 2 is 2.00 bits per heavy atom. The number of thiophene rings is 1. The van der Waals surface area contributed by atoms with Crippen LogP contribution in [0.2, 0.25) is 0 Å². The fraction of sp³-hybridized carbons (Fsp3) is 0.118. The largest absolute Gasteiger partial charge is 0.275 e. The van der Waals surface area contributed by atoms with Gasteiger partial charge in [0.1, 0.15) is 0 Å². The number of fused-ring (bicyclic) bond motifs is 1. The molecular weight excluding hydrogens is 292 g/mol. The van der Waals surface area contributed by atoms with Crippen LogP contribution in [0.15, 0.2) is 48.4 Å². The molecule has 0 fully saturated rings. The second-order valence-electron chi connectivity index (χ2n) is 5.29. The van der Waals surface area contributed by atoms with Gasteiger partial charge in [-0.3, -0.25) is 9.67 Å². The van der Waals surface area contributed by atoms with Crippen molar-refractivity contribution in [2.75, 3.05) is 0 Å². The molecule has 0 saturated carbocycles. The van der Waals surface area contributed by atoms with E-state index in [1.807, 2.05) is 31.8 Å². The molecule has 4 aromatic rings. The van der Waals surface area contributed by atoms with Crippen molar-refractivity contribution in [1.29, 1.82) is 0 Å². The van der Waals surface area contributed by atoms with Crippen LogP contribution >= 0.6 is 11.3 Å². The third kappa shape index (κ3) is 2.10. The van der Waals surface area contributed by atoms with Gasteiger partial charge < -0.3 is 0 Å². The average molecular weight is 306 g/mol. The van der Waals surface area contributed by atoms with Gasteiger partial charge in [-0.2, -0.15) is 5.10 Å². The summed E-state index contributed by atoms with van der Waals surface area (Å²) in [6.07, 6.45) is 7.55. The van der Waals surface area contributed by atoms with Crippen LogP contribution in [0.3, 0.4) is 0 Å². The lowest BCUT2D eigenvalue weighted by Gasteiger charge is -2.04. The molecule has 0 radical (unpaired) electrons. The fourth-order valence-corrected chi connectivity index (χ4v) is 3.49. The first-order chi connectivity index (χ1) is 10.7. The van der Waals surface area contributed by atoms with Crippen LogP contribution in [0.25, 0.3) is 32.6 Å². The molecular formula is C17H14N4S. The average Bonchev–Trinajstić information content (AvgIpc) is 3.13. The van der Waals surface area contributed by atoms with Gasteiger partial charge in [0, 0.05) is 42.1 Å². The number of pyridine rings is 2. The highest BCUT2D eigenvalue weighted by Crippen LogP contribution is 2.35. The maximum Gasteiger partial charge on any atom is 0.0895 e. The third-order valence-corrected chi connectivity index (χ3v) is 4.67. The summed E-state index contributed by atoms with van der Waals surface area (Å²) in [5, 5.41) is 6.40. The summed E-state index contributed by atoms with van der Waals surface area (Å²) in [7, 11) is 1.92. The fourth-order valence-electron chi connectivity index (χ4n) is 2.59. The quantitative estimate of drug-likeness (QED) is 0.561. The van der Waals surface area contributed by atoms with Gasteiger partial charge in [0.05, 0.1) is 22.1 Å². The summed E-state index contributed by atoms with van der Waals surface area (Å²) in [6.45, 7) is 2.08. The molecule has 0 unspecified atom stereocenters. The molecule has 0 bridgehead atoms. The van der Waals surface area contributed by atoms with E-state index in [-0.39, 0.29) is 0 Å². The minimum Gasteiger partial charge on any atom is -0.275 e. The molecule has 4 nitrogen and oxygen atoms in total. The Kier molecular flexibility index (Phi) is 3.01.